The van der Waals surface area contributed by atoms with Crippen LogP contribution in [0.4, 0.5) is 0 Å². The normalized spacial score (nSPS) is 20.7. The SMILES string of the molecule is CC(C)(C)NC(=O)C1(Br)NC=CC=C1CCc1cccc(Cl)c1. The molecule has 0 spiro atoms. The lowest BCUT2D eigenvalue weighted by Crippen LogP contribution is -2.57. The maximum absolute atomic E-state index is 12.7. The van der Waals surface area contributed by atoms with E-state index in [9.17, 15) is 4.79 Å². The summed E-state index contributed by atoms with van der Waals surface area (Å²) in [6.45, 7) is 5.90. The van der Waals surface area contributed by atoms with Crippen molar-refractivity contribution >= 4 is 33.4 Å². The molecule has 23 heavy (non-hydrogen) atoms. The molecule has 0 radical (unpaired) electrons. The Morgan fingerprint density at radius 1 is 1.35 bits per heavy atom. The summed E-state index contributed by atoms with van der Waals surface area (Å²) in [7, 11) is 0. The summed E-state index contributed by atoms with van der Waals surface area (Å²) in [4.78, 5) is 12.7. The van der Waals surface area contributed by atoms with Gasteiger partial charge in [-0.15, -0.1) is 0 Å². The van der Waals surface area contributed by atoms with Crippen LogP contribution in [0.5, 0.6) is 0 Å². The zero-order valence-electron chi connectivity index (χ0n) is 13.6. The van der Waals surface area contributed by atoms with Crippen molar-refractivity contribution in [2.45, 2.75) is 43.6 Å². The lowest BCUT2D eigenvalue weighted by molar-refractivity contribution is -0.124. The van der Waals surface area contributed by atoms with Crippen LogP contribution in [0, 0.1) is 0 Å². The van der Waals surface area contributed by atoms with Crippen molar-refractivity contribution < 1.29 is 4.79 Å². The fourth-order valence-electron chi connectivity index (χ4n) is 2.40. The lowest BCUT2D eigenvalue weighted by Gasteiger charge is -2.34. The number of hydrogen-bond acceptors (Lipinski definition) is 2. The Labute approximate surface area is 151 Å². The molecule has 5 heteroatoms. The summed E-state index contributed by atoms with van der Waals surface area (Å²) in [5.74, 6) is -0.0910. The van der Waals surface area contributed by atoms with E-state index in [0.717, 1.165) is 29.0 Å². The van der Waals surface area contributed by atoms with Crippen LogP contribution in [-0.4, -0.2) is 15.9 Å². The number of benzene rings is 1. The van der Waals surface area contributed by atoms with Crippen molar-refractivity contribution in [2.24, 2.45) is 0 Å². The molecule has 1 aliphatic heterocycles. The molecular formula is C18H22BrClN2O. The highest BCUT2D eigenvalue weighted by Gasteiger charge is 2.40. The van der Waals surface area contributed by atoms with Gasteiger partial charge in [-0.1, -0.05) is 29.8 Å². The van der Waals surface area contributed by atoms with Crippen molar-refractivity contribution in [1.29, 1.82) is 0 Å². The van der Waals surface area contributed by atoms with Crippen molar-refractivity contribution in [3.8, 4) is 0 Å². The molecule has 124 valence electrons. The smallest absolute Gasteiger partial charge is 0.261 e. The number of allylic oxidation sites excluding steroid dienone is 2. The van der Waals surface area contributed by atoms with E-state index >= 15 is 0 Å². The molecule has 0 saturated heterocycles. The summed E-state index contributed by atoms with van der Waals surface area (Å²) in [6, 6.07) is 7.81. The van der Waals surface area contributed by atoms with Gasteiger partial charge in [-0.3, -0.25) is 4.79 Å². The van der Waals surface area contributed by atoms with Crippen LogP contribution < -0.4 is 10.6 Å². The number of halogens is 2. The Morgan fingerprint density at radius 2 is 2.09 bits per heavy atom. The van der Waals surface area contributed by atoms with Gasteiger partial charge in [0.25, 0.3) is 5.91 Å². The van der Waals surface area contributed by atoms with Crippen molar-refractivity contribution in [1.82, 2.24) is 10.6 Å². The van der Waals surface area contributed by atoms with Crippen LogP contribution in [0.25, 0.3) is 0 Å². The minimum absolute atomic E-state index is 0.0910. The fraction of sp³-hybridized carbons (Fsp3) is 0.389. The Bertz CT molecular complexity index is 649. The standard InChI is InChI=1S/C18H22BrClN2O/c1-17(2,3)22-16(23)18(19)14(7-5-11-21-18)10-9-13-6-4-8-15(20)12-13/h4-8,11-12,21H,9-10H2,1-3H3,(H,22,23). The number of carbonyl (C=O) groups is 1. The summed E-state index contributed by atoms with van der Waals surface area (Å²) in [5.41, 5.74) is 1.85. The third-order valence-corrected chi connectivity index (χ3v) is 4.83. The van der Waals surface area contributed by atoms with Gasteiger partial charge in [0, 0.05) is 10.6 Å². The Kier molecular flexibility index (Phi) is 5.58. The molecule has 1 heterocycles. The third kappa shape index (κ3) is 4.85. The second-order valence-electron chi connectivity index (χ2n) is 6.69. The van der Waals surface area contributed by atoms with Crippen molar-refractivity contribution in [3.05, 3.63) is 58.8 Å². The Morgan fingerprint density at radius 3 is 2.74 bits per heavy atom. The average molecular weight is 398 g/mol. The molecule has 1 amide bonds. The molecule has 0 saturated carbocycles. The van der Waals surface area contributed by atoms with Crippen LogP contribution in [0.2, 0.25) is 5.02 Å². The topological polar surface area (TPSA) is 41.1 Å². The predicted octanol–water partition coefficient (Wildman–Crippen LogP) is 4.32. The highest BCUT2D eigenvalue weighted by molar-refractivity contribution is 9.10. The van der Waals surface area contributed by atoms with Crippen LogP contribution in [-0.2, 0) is 11.2 Å². The van der Waals surface area contributed by atoms with E-state index in [4.69, 9.17) is 11.6 Å². The molecule has 1 atom stereocenters. The fourth-order valence-corrected chi connectivity index (χ4v) is 3.17. The second-order valence-corrected chi connectivity index (χ2v) is 8.31. The van der Waals surface area contributed by atoms with Gasteiger partial charge in [0.2, 0.25) is 0 Å². The molecule has 2 rings (SSSR count). The van der Waals surface area contributed by atoms with Crippen molar-refractivity contribution in [2.75, 3.05) is 0 Å². The Balaban J connectivity index is 2.13. The molecule has 0 bridgehead atoms. The monoisotopic (exact) mass is 396 g/mol. The van der Waals surface area contributed by atoms with Gasteiger partial charge in [0.1, 0.15) is 0 Å². The molecule has 3 nitrogen and oxygen atoms in total. The van der Waals surface area contributed by atoms with Gasteiger partial charge in [0.05, 0.1) is 0 Å². The lowest BCUT2D eigenvalue weighted by atomic mass is 9.95. The van der Waals surface area contributed by atoms with Crippen LogP contribution in [0.15, 0.2) is 48.2 Å². The number of carbonyl (C=O) groups excluding carboxylic acids is 1. The van der Waals surface area contributed by atoms with E-state index < -0.39 is 4.45 Å². The molecule has 1 unspecified atom stereocenters. The first kappa shape index (κ1) is 18.1. The first-order valence-electron chi connectivity index (χ1n) is 7.60. The van der Waals surface area contributed by atoms with Gasteiger partial charge in [-0.2, -0.15) is 0 Å². The number of hydrogen-bond donors (Lipinski definition) is 2. The summed E-state index contributed by atoms with van der Waals surface area (Å²) in [6.07, 6.45) is 7.24. The highest BCUT2D eigenvalue weighted by Crippen LogP contribution is 2.32. The molecule has 0 aliphatic carbocycles. The van der Waals surface area contributed by atoms with Gasteiger partial charge in [-0.25, -0.2) is 0 Å². The van der Waals surface area contributed by atoms with Gasteiger partial charge < -0.3 is 10.6 Å². The summed E-state index contributed by atoms with van der Waals surface area (Å²) in [5, 5.41) is 6.90. The molecule has 2 N–H and O–H groups in total. The number of nitrogens with one attached hydrogen (secondary N) is 2. The average Bonchev–Trinajstić information content (AvgIpc) is 2.45. The first-order chi connectivity index (χ1) is 10.7. The number of rotatable bonds is 4. The number of alkyl halides is 1. The molecule has 0 fully saturated rings. The minimum atomic E-state index is -0.909. The highest BCUT2D eigenvalue weighted by atomic mass is 79.9. The minimum Gasteiger partial charge on any atom is -0.365 e. The maximum atomic E-state index is 12.7. The van der Waals surface area contributed by atoms with Gasteiger partial charge in [0.15, 0.2) is 4.45 Å². The van der Waals surface area contributed by atoms with E-state index in [-0.39, 0.29) is 11.4 Å². The van der Waals surface area contributed by atoms with Crippen molar-refractivity contribution in [3.63, 3.8) is 0 Å². The van der Waals surface area contributed by atoms with E-state index in [1.807, 2.05) is 57.2 Å². The van der Waals surface area contributed by atoms with E-state index in [1.165, 1.54) is 0 Å². The van der Waals surface area contributed by atoms with E-state index in [1.54, 1.807) is 6.20 Å². The van der Waals surface area contributed by atoms with Crippen LogP contribution in [0.3, 0.4) is 0 Å². The van der Waals surface area contributed by atoms with Crippen LogP contribution in [0.1, 0.15) is 32.8 Å². The summed E-state index contributed by atoms with van der Waals surface area (Å²) >= 11 is 9.63. The van der Waals surface area contributed by atoms with E-state index in [0.29, 0.717) is 0 Å². The molecule has 0 aromatic heterocycles. The van der Waals surface area contributed by atoms with Gasteiger partial charge >= 0.3 is 0 Å². The zero-order chi connectivity index (χ0) is 17.1. The first-order valence-corrected chi connectivity index (χ1v) is 8.78. The second kappa shape index (κ2) is 7.10. The van der Waals surface area contributed by atoms with Crippen LogP contribution >= 0.6 is 27.5 Å². The largest absolute Gasteiger partial charge is 0.365 e. The quantitative estimate of drug-likeness (QED) is 0.587. The zero-order valence-corrected chi connectivity index (χ0v) is 16.0. The number of aryl methyl sites for hydroxylation is 1. The predicted molar refractivity (Wildman–Crippen MR) is 99.7 cm³/mol. The van der Waals surface area contributed by atoms with E-state index in [2.05, 4.69) is 26.6 Å². The molecule has 1 aliphatic rings. The molecule has 1 aromatic carbocycles. The summed E-state index contributed by atoms with van der Waals surface area (Å²) < 4.78 is -0.909. The number of amides is 1. The third-order valence-electron chi connectivity index (χ3n) is 3.49. The number of dihydropyridines is 1. The molecular weight excluding hydrogens is 376 g/mol. The molecule has 1 aromatic rings. The Hall–Kier alpha value is -1.26. The maximum Gasteiger partial charge on any atom is 0.261 e. The van der Waals surface area contributed by atoms with Gasteiger partial charge in [-0.05, 0) is 85.1 Å².